The van der Waals surface area contributed by atoms with E-state index in [4.69, 9.17) is 4.74 Å². The van der Waals surface area contributed by atoms with E-state index in [2.05, 4.69) is 29.8 Å². The summed E-state index contributed by atoms with van der Waals surface area (Å²) in [5.41, 5.74) is 2.51. The first-order chi connectivity index (χ1) is 10.6. The van der Waals surface area contributed by atoms with Crippen LogP contribution >= 0.6 is 11.3 Å². The smallest absolute Gasteiger partial charge is 0.272 e. The average Bonchev–Trinajstić information content (AvgIpc) is 3.07. The van der Waals surface area contributed by atoms with Crippen molar-refractivity contribution >= 4 is 33.1 Å². The van der Waals surface area contributed by atoms with Crippen molar-refractivity contribution in [3.8, 4) is 5.75 Å². The fourth-order valence-corrected chi connectivity index (χ4v) is 3.38. The highest BCUT2D eigenvalue weighted by atomic mass is 32.1. The van der Waals surface area contributed by atoms with E-state index in [-0.39, 0.29) is 11.9 Å². The van der Waals surface area contributed by atoms with E-state index in [0.29, 0.717) is 5.69 Å². The lowest BCUT2D eigenvalue weighted by atomic mass is 10.2. The van der Waals surface area contributed by atoms with Crippen molar-refractivity contribution in [1.82, 2.24) is 4.57 Å². The van der Waals surface area contributed by atoms with E-state index in [9.17, 15) is 4.79 Å². The molecule has 0 aliphatic heterocycles. The minimum absolute atomic E-state index is 0.106. The van der Waals surface area contributed by atoms with Crippen LogP contribution in [0.4, 0.5) is 5.69 Å². The van der Waals surface area contributed by atoms with Crippen LogP contribution in [0.25, 0.3) is 10.2 Å². The SMILES string of the molecule is COc1cccc(NC(=O)c2cc3sccc3n2C(C)C)c1. The minimum atomic E-state index is -0.106. The van der Waals surface area contributed by atoms with E-state index < -0.39 is 0 Å². The van der Waals surface area contributed by atoms with Crippen LogP contribution in [0.15, 0.2) is 41.8 Å². The third kappa shape index (κ3) is 2.60. The van der Waals surface area contributed by atoms with Crippen LogP contribution in [-0.2, 0) is 0 Å². The number of ether oxygens (including phenoxy) is 1. The molecule has 5 heteroatoms. The van der Waals surface area contributed by atoms with Crippen LogP contribution in [0.1, 0.15) is 30.4 Å². The molecule has 1 aromatic carbocycles. The first-order valence-electron chi connectivity index (χ1n) is 7.14. The third-order valence-electron chi connectivity index (χ3n) is 3.54. The normalized spacial score (nSPS) is 11.1. The van der Waals surface area contributed by atoms with Crippen LogP contribution < -0.4 is 10.1 Å². The molecule has 0 spiro atoms. The fraction of sp³-hybridized carbons (Fsp3) is 0.235. The number of hydrogen-bond donors (Lipinski definition) is 1. The molecule has 0 aliphatic carbocycles. The standard InChI is InChI=1S/C17H18N2O2S/c1-11(2)19-14-7-8-22-16(14)10-15(19)17(20)18-12-5-4-6-13(9-12)21-3/h4-11H,1-3H3,(H,18,20). The van der Waals surface area contributed by atoms with E-state index in [0.717, 1.165) is 21.7 Å². The van der Waals surface area contributed by atoms with E-state index in [1.165, 1.54) is 0 Å². The zero-order valence-electron chi connectivity index (χ0n) is 12.8. The number of anilines is 1. The summed E-state index contributed by atoms with van der Waals surface area (Å²) in [6.45, 7) is 4.17. The molecule has 0 saturated heterocycles. The Hall–Kier alpha value is -2.27. The van der Waals surface area contributed by atoms with Crippen molar-refractivity contribution < 1.29 is 9.53 Å². The van der Waals surface area contributed by atoms with Crippen LogP contribution in [-0.4, -0.2) is 17.6 Å². The lowest BCUT2D eigenvalue weighted by Crippen LogP contribution is -2.18. The largest absolute Gasteiger partial charge is 0.497 e. The number of thiophene rings is 1. The monoisotopic (exact) mass is 314 g/mol. The Bertz CT molecular complexity index is 817. The molecule has 114 valence electrons. The molecular weight excluding hydrogens is 296 g/mol. The summed E-state index contributed by atoms with van der Waals surface area (Å²) in [5, 5.41) is 4.99. The third-order valence-corrected chi connectivity index (χ3v) is 4.39. The maximum atomic E-state index is 12.6. The first kappa shape index (κ1) is 14.7. The molecule has 0 atom stereocenters. The molecular formula is C17H18N2O2S. The molecule has 0 radical (unpaired) electrons. The van der Waals surface area contributed by atoms with Crippen molar-refractivity contribution in [2.45, 2.75) is 19.9 Å². The predicted molar refractivity (Wildman–Crippen MR) is 91.1 cm³/mol. The van der Waals surface area contributed by atoms with Crippen LogP contribution in [0, 0.1) is 0 Å². The average molecular weight is 314 g/mol. The number of fused-ring (bicyclic) bond motifs is 1. The van der Waals surface area contributed by atoms with Crippen molar-refractivity contribution in [2.75, 3.05) is 12.4 Å². The van der Waals surface area contributed by atoms with Gasteiger partial charge in [-0.15, -0.1) is 11.3 Å². The van der Waals surface area contributed by atoms with Gasteiger partial charge in [0, 0.05) is 17.8 Å². The highest BCUT2D eigenvalue weighted by Crippen LogP contribution is 2.29. The lowest BCUT2D eigenvalue weighted by molar-refractivity contribution is 0.101. The van der Waals surface area contributed by atoms with Gasteiger partial charge in [0.2, 0.25) is 0 Å². The van der Waals surface area contributed by atoms with Gasteiger partial charge in [0.25, 0.3) is 5.91 Å². The number of nitrogens with zero attached hydrogens (tertiary/aromatic N) is 1. The summed E-state index contributed by atoms with van der Waals surface area (Å²) in [5.74, 6) is 0.614. The molecule has 3 aromatic rings. The quantitative estimate of drug-likeness (QED) is 0.768. The van der Waals surface area contributed by atoms with Gasteiger partial charge in [-0.05, 0) is 43.5 Å². The number of hydrogen-bond acceptors (Lipinski definition) is 3. The van der Waals surface area contributed by atoms with Crippen LogP contribution in [0.5, 0.6) is 5.75 Å². The highest BCUT2D eigenvalue weighted by molar-refractivity contribution is 7.17. The number of methoxy groups -OCH3 is 1. The van der Waals surface area contributed by atoms with Gasteiger partial charge < -0.3 is 14.6 Å². The number of rotatable bonds is 4. The Morgan fingerprint density at radius 3 is 2.82 bits per heavy atom. The molecule has 4 nitrogen and oxygen atoms in total. The number of amides is 1. The van der Waals surface area contributed by atoms with Gasteiger partial charge in [-0.2, -0.15) is 0 Å². The molecule has 1 amide bonds. The second-order valence-corrected chi connectivity index (χ2v) is 6.30. The summed E-state index contributed by atoms with van der Waals surface area (Å²) in [6, 6.07) is 11.6. The number of carbonyl (C=O) groups is 1. The summed E-state index contributed by atoms with van der Waals surface area (Å²) in [6.07, 6.45) is 0. The fourth-order valence-electron chi connectivity index (χ4n) is 2.57. The van der Waals surface area contributed by atoms with Gasteiger partial charge in [0.05, 0.1) is 17.3 Å². The summed E-state index contributed by atoms with van der Waals surface area (Å²) < 4.78 is 8.38. The van der Waals surface area contributed by atoms with Gasteiger partial charge >= 0.3 is 0 Å². The molecule has 22 heavy (non-hydrogen) atoms. The van der Waals surface area contributed by atoms with Crippen molar-refractivity contribution in [1.29, 1.82) is 0 Å². The van der Waals surface area contributed by atoms with Crippen LogP contribution in [0.3, 0.4) is 0 Å². The molecule has 0 aliphatic rings. The molecule has 0 saturated carbocycles. The molecule has 0 bridgehead atoms. The molecule has 1 N–H and O–H groups in total. The lowest BCUT2D eigenvalue weighted by Gasteiger charge is -2.14. The topological polar surface area (TPSA) is 43.3 Å². The zero-order chi connectivity index (χ0) is 15.7. The van der Waals surface area contributed by atoms with Crippen molar-refractivity contribution in [3.05, 3.63) is 47.5 Å². The van der Waals surface area contributed by atoms with Gasteiger partial charge in [0.15, 0.2) is 0 Å². The maximum absolute atomic E-state index is 12.6. The van der Waals surface area contributed by atoms with E-state index >= 15 is 0 Å². The number of nitrogens with one attached hydrogen (secondary N) is 1. The van der Waals surface area contributed by atoms with E-state index in [1.807, 2.05) is 35.7 Å². The van der Waals surface area contributed by atoms with Gasteiger partial charge in [-0.1, -0.05) is 6.07 Å². The predicted octanol–water partition coefficient (Wildman–Crippen LogP) is 4.54. The summed E-state index contributed by atoms with van der Waals surface area (Å²) >= 11 is 1.65. The Morgan fingerprint density at radius 1 is 1.27 bits per heavy atom. The van der Waals surface area contributed by atoms with Gasteiger partial charge in [-0.3, -0.25) is 4.79 Å². The summed E-state index contributed by atoms with van der Waals surface area (Å²) in [7, 11) is 1.61. The Kier molecular flexibility index (Phi) is 3.90. The number of benzene rings is 1. The molecule has 0 unspecified atom stereocenters. The first-order valence-corrected chi connectivity index (χ1v) is 8.02. The van der Waals surface area contributed by atoms with E-state index in [1.54, 1.807) is 18.4 Å². The second-order valence-electron chi connectivity index (χ2n) is 5.35. The Morgan fingerprint density at radius 2 is 2.09 bits per heavy atom. The highest BCUT2D eigenvalue weighted by Gasteiger charge is 2.18. The zero-order valence-corrected chi connectivity index (χ0v) is 13.6. The van der Waals surface area contributed by atoms with Crippen molar-refractivity contribution in [2.24, 2.45) is 0 Å². The molecule has 3 rings (SSSR count). The Balaban J connectivity index is 1.94. The number of aromatic nitrogens is 1. The molecule has 0 fully saturated rings. The van der Waals surface area contributed by atoms with Gasteiger partial charge in [-0.25, -0.2) is 0 Å². The van der Waals surface area contributed by atoms with Crippen molar-refractivity contribution in [3.63, 3.8) is 0 Å². The number of carbonyl (C=O) groups excluding carboxylic acids is 1. The second kappa shape index (κ2) is 5.85. The van der Waals surface area contributed by atoms with Crippen LogP contribution in [0.2, 0.25) is 0 Å². The maximum Gasteiger partial charge on any atom is 0.272 e. The minimum Gasteiger partial charge on any atom is -0.497 e. The molecule has 2 heterocycles. The van der Waals surface area contributed by atoms with Gasteiger partial charge in [0.1, 0.15) is 11.4 Å². The molecule has 2 aromatic heterocycles. The summed E-state index contributed by atoms with van der Waals surface area (Å²) in [4.78, 5) is 12.6. The Labute approximate surface area is 133 Å².